The summed E-state index contributed by atoms with van der Waals surface area (Å²) in [4.78, 5) is 0. The predicted molar refractivity (Wildman–Crippen MR) is 65.5 cm³/mol. The number of unbranched alkanes of at least 4 members (excludes halogenated alkanes) is 4. The maximum Gasteiger partial charge on any atom is 0.118 e. The van der Waals surface area contributed by atoms with Crippen molar-refractivity contribution in [3.8, 4) is 5.75 Å². The number of hydrogen-bond donors (Lipinski definition) is 0. The molecule has 15 heavy (non-hydrogen) atoms. The standard InChI is InChI=1S/C14H22O/c1-3-4-5-6-7-8-13-9-11-14(15-2)12-10-13/h9-12H,3-8H2,1-2H3. The molecule has 0 amide bonds. The Hall–Kier alpha value is -0.980. The molecule has 0 aliphatic rings. The summed E-state index contributed by atoms with van der Waals surface area (Å²) >= 11 is 0. The van der Waals surface area contributed by atoms with E-state index in [4.69, 9.17) is 4.74 Å². The van der Waals surface area contributed by atoms with Crippen molar-refractivity contribution in [3.05, 3.63) is 29.8 Å². The van der Waals surface area contributed by atoms with Crippen molar-refractivity contribution in [2.24, 2.45) is 0 Å². The number of rotatable bonds is 7. The zero-order valence-electron chi connectivity index (χ0n) is 9.96. The summed E-state index contributed by atoms with van der Waals surface area (Å²) in [5.41, 5.74) is 1.42. The number of methoxy groups -OCH3 is 1. The van der Waals surface area contributed by atoms with Crippen LogP contribution < -0.4 is 4.74 Å². The van der Waals surface area contributed by atoms with E-state index in [1.807, 2.05) is 12.1 Å². The van der Waals surface area contributed by atoms with Crippen molar-refractivity contribution >= 4 is 0 Å². The van der Waals surface area contributed by atoms with Crippen LogP contribution in [0.1, 0.15) is 44.6 Å². The molecule has 0 atom stereocenters. The lowest BCUT2D eigenvalue weighted by molar-refractivity contribution is 0.414. The molecule has 84 valence electrons. The summed E-state index contributed by atoms with van der Waals surface area (Å²) in [6.07, 6.45) is 7.96. The molecular formula is C14H22O. The average Bonchev–Trinajstić information content (AvgIpc) is 2.30. The van der Waals surface area contributed by atoms with Gasteiger partial charge in [0.25, 0.3) is 0 Å². The van der Waals surface area contributed by atoms with Gasteiger partial charge >= 0.3 is 0 Å². The van der Waals surface area contributed by atoms with Gasteiger partial charge in [0.2, 0.25) is 0 Å². The molecule has 0 heterocycles. The van der Waals surface area contributed by atoms with Gasteiger partial charge in [-0.1, -0.05) is 44.7 Å². The summed E-state index contributed by atoms with van der Waals surface area (Å²) < 4.78 is 5.13. The average molecular weight is 206 g/mol. The lowest BCUT2D eigenvalue weighted by atomic mass is 10.1. The van der Waals surface area contributed by atoms with Crippen molar-refractivity contribution in [2.45, 2.75) is 45.4 Å². The van der Waals surface area contributed by atoms with E-state index in [1.54, 1.807) is 7.11 Å². The SMILES string of the molecule is CCCCCCCc1ccc(OC)cc1. The molecule has 0 saturated heterocycles. The molecular weight excluding hydrogens is 184 g/mol. The van der Waals surface area contributed by atoms with Gasteiger partial charge in [0.15, 0.2) is 0 Å². The van der Waals surface area contributed by atoms with E-state index in [-0.39, 0.29) is 0 Å². The molecule has 0 fully saturated rings. The zero-order chi connectivity index (χ0) is 10.9. The Labute approximate surface area is 93.5 Å². The van der Waals surface area contributed by atoms with Gasteiger partial charge in [0.05, 0.1) is 7.11 Å². The zero-order valence-corrected chi connectivity index (χ0v) is 9.96. The molecule has 1 heteroatoms. The fourth-order valence-corrected chi connectivity index (χ4v) is 1.72. The third-order valence-electron chi connectivity index (χ3n) is 2.73. The van der Waals surface area contributed by atoms with E-state index in [9.17, 15) is 0 Å². The smallest absolute Gasteiger partial charge is 0.118 e. The maximum absolute atomic E-state index is 5.13. The first kappa shape index (κ1) is 12.1. The van der Waals surface area contributed by atoms with Crippen molar-refractivity contribution in [1.29, 1.82) is 0 Å². The third-order valence-corrected chi connectivity index (χ3v) is 2.73. The molecule has 1 aromatic rings. The summed E-state index contributed by atoms with van der Waals surface area (Å²) in [6.45, 7) is 2.25. The molecule has 0 unspecified atom stereocenters. The van der Waals surface area contributed by atoms with E-state index < -0.39 is 0 Å². The van der Waals surface area contributed by atoms with Crippen molar-refractivity contribution in [2.75, 3.05) is 7.11 Å². The van der Waals surface area contributed by atoms with E-state index in [1.165, 1.54) is 44.1 Å². The minimum absolute atomic E-state index is 0.949. The summed E-state index contributed by atoms with van der Waals surface area (Å²) in [5.74, 6) is 0.949. The van der Waals surface area contributed by atoms with Gasteiger partial charge in [0, 0.05) is 0 Å². The largest absolute Gasteiger partial charge is 0.497 e. The van der Waals surface area contributed by atoms with Crippen LogP contribution in [0.25, 0.3) is 0 Å². The second kappa shape index (κ2) is 7.33. The number of ether oxygens (including phenoxy) is 1. The molecule has 1 rings (SSSR count). The maximum atomic E-state index is 5.13. The molecule has 0 saturated carbocycles. The minimum atomic E-state index is 0.949. The van der Waals surface area contributed by atoms with Crippen LogP contribution in [0.2, 0.25) is 0 Å². The van der Waals surface area contributed by atoms with Crippen LogP contribution in [-0.4, -0.2) is 7.11 Å². The highest BCUT2D eigenvalue weighted by atomic mass is 16.5. The number of benzene rings is 1. The van der Waals surface area contributed by atoms with Crippen LogP contribution >= 0.6 is 0 Å². The monoisotopic (exact) mass is 206 g/mol. The Morgan fingerprint density at radius 1 is 0.933 bits per heavy atom. The number of aryl methyl sites for hydroxylation is 1. The van der Waals surface area contributed by atoms with E-state index >= 15 is 0 Å². The van der Waals surface area contributed by atoms with Crippen LogP contribution in [-0.2, 0) is 6.42 Å². The van der Waals surface area contributed by atoms with Gasteiger partial charge in [-0.15, -0.1) is 0 Å². The van der Waals surface area contributed by atoms with Gasteiger partial charge in [-0.05, 0) is 30.5 Å². The summed E-state index contributed by atoms with van der Waals surface area (Å²) in [5, 5.41) is 0. The first-order valence-corrected chi connectivity index (χ1v) is 5.99. The lowest BCUT2D eigenvalue weighted by Gasteiger charge is -2.03. The van der Waals surface area contributed by atoms with Crippen molar-refractivity contribution in [3.63, 3.8) is 0 Å². The van der Waals surface area contributed by atoms with Gasteiger partial charge in [-0.25, -0.2) is 0 Å². The van der Waals surface area contributed by atoms with Crippen LogP contribution in [0.5, 0.6) is 5.75 Å². The van der Waals surface area contributed by atoms with Crippen molar-refractivity contribution in [1.82, 2.24) is 0 Å². The summed E-state index contributed by atoms with van der Waals surface area (Å²) in [6, 6.07) is 8.42. The Morgan fingerprint density at radius 3 is 2.20 bits per heavy atom. The Bertz CT molecular complexity index is 251. The molecule has 0 aliphatic carbocycles. The van der Waals surface area contributed by atoms with Crippen LogP contribution in [0.4, 0.5) is 0 Å². The Morgan fingerprint density at radius 2 is 1.60 bits per heavy atom. The molecule has 0 spiro atoms. The molecule has 1 aromatic carbocycles. The van der Waals surface area contributed by atoms with Gasteiger partial charge in [-0.3, -0.25) is 0 Å². The van der Waals surface area contributed by atoms with E-state index in [0.717, 1.165) is 5.75 Å². The fraction of sp³-hybridized carbons (Fsp3) is 0.571. The van der Waals surface area contributed by atoms with E-state index in [0.29, 0.717) is 0 Å². The van der Waals surface area contributed by atoms with Crippen LogP contribution in [0.15, 0.2) is 24.3 Å². The first-order chi connectivity index (χ1) is 7.36. The molecule has 0 N–H and O–H groups in total. The molecule has 0 bridgehead atoms. The normalized spacial score (nSPS) is 10.3. The van der Waals surface area contributed by atoms with Crippen molar-refractivity contribution < 1.29 is 4.74 Å². The fourth-order valence-electron chi connectivity index (χ4n) is 1.72. The Kier molecular flexibility index (Phi) is 5.91. The summed E-state index contributed by atoms with van der Waals surface area (Å²) in [7, 11) is 1.71. The Balaban J connectivity index is 2.20. The van der Waals surface area contributed by atoms with E-state index in [2.05, 4.69) is 19.1 Å². The highest BCUT2D eigenvalue weighted by Gasteiger charge is 1.94. The predicted octanol–water partition coefficient (Wildman–Crippen LogP) is 4.21. The second-order valence-electron chi connectivity index (χ2n) is 4.01. The molecule has 0 aromatic heterocycles. The van der Waals surface area contributed by atoms with Crippen LogP contribution in [0.3, 0.4) is 0 Å². The molecule has 1 nitrogen and oxygen atoms in total. The lowest BCUT2D eigenvalue weighted by Crippen LogP contribution is -1.87. The van der Waals surface area contributed by atoms with Gasteiger partial charge in [0.1, 0.15) is 5.75 Å². The molecule has 0 radical (unpaired) electrons. The van der Waals surface area contributed by atoms with Gasteiger partial charge < -0.3 is 4.74 Å². The van der Waals surface area contributed by atoms with Crippen LogP contribution in [0, 0.1) is 0 Å². The number of hydrogen-bond acceptors (Lipinski definition) is 1. The quantitative estimate of drug-likeness (QED) is 0.607. The first-order valence-electron chi connectivity index (χ1n) is 5.99. The second-order valence-corrected chi connectivity index (χ2v) is 4.01. The minimum Gasteiger partial charge on any atom is -0.497 e. The topological polar surface area (TPSA) is 9.23 Å². The third kappa shape index (κ3) is 4.87. The molecule has 0 aliphatic heterocycles. The highest BCUT2D eigenvalue weighted by Crippen LogP contribution is 2.14. The van der Waals surface area contributed by atoms with Gasteiger partial charge in [-0.2, -0.15) is 0 Å². The highest BCUT2D eigenvalue weighted by molar-refractivity contribution is 5.27.